The summed E-state index contributed by atoms with van der Waals surface area (Å²) in [6, 6.07) is 23.9. The van der Waals surface area contributed by atoms with Gasteiger partial charge in [0.05, 0.1) is 13.2 Å². The number of nitrogens with one attached hydrogen (secondary N) is 1. The van der Waals surface area contributed by atoms with Crippen molar-refractivity contribution < 1.29 is 4.74 Å². The lowest BCUT2D eigenvalue weighted by Gasteiger charge is -2.40. The second kappa shape index (κ2) is 11.5. The van der Waals surface area contributed by atoms with E-state index in [0.29, 0.717) is 24.5 Å². The third kappa shape index (κ3) is 5.45. The molecule has 3 heterocycles. The molecule has 1 aliphatic rings. The first-order chi connectivity index (χ1) is 20.0. The third-order valence-electron chi connectivity index (χ3n) is 8.03. The molecule has 0 aliphatic carbocycles. The first kappa shape index (κ1) is 26.7. The maximum absolute atomic E-state index is 13.7. The van der Waals surface area contributed by atoms with E-state index >= 15 is 0 Å². The van der Waals surface area contributed by atoms with Gasteiger partial charge in [0.25, 0.3) is 5.56 Å². The van der Waals surface area contributed by atoms with Gasteiger partial charge in [-0.2, -0.15) is 0 Å². The summed E-state index contributed by atoms with van der Waals surface area (Å²) in [5.41, 5.74) is 6.20. The van der Waals surface area contributed by atoms with Gasteiger partial charge in [-0.15, -0.1) is 5.10 Å². The van der Waals surface area contributed by atoms with E-state index in [0.717, 1.165) is 48.4 Å². The Morgan fingerprint density at radius 2 is 1.76 bits per heavy atom. The number of anilines is 1. The fourth-order valence-electron chi connectivity index (χ4n) is 5.74. The summed E-state index contributed by atoms with van der Waals surface area (Å²) < 4.78 is 7.56. The van der Waals surface area contributed by atoms with E-state index in [9.17, 15) is 4.79 Å². The Kier molecular flexibility index (Phi) is 7.52. The first-order valence-electron chi connectivity index (χ1n) is 14.2. The average Bonchev–Trinajstić information content (AvgIpc) is 3.43. The lowest BCUT2D eigenvalue weighted by molar-refractivity contribution is 0.200. The van der Waals surface area contributed by atoms with Crippen LogP contribution >= 0.6 is 0 Å². The first-order valence-corrected chi connectivity index (χ1v) is 14.2. The minimum atomic E-state index is -0.418. The van der Waals surface area contributed by atoms with Crippen LogP contribution in [0.4, 0.5) is 5.69 Å². The van der Waals surface area contributed by atoms with E-state index in [4.69, 9.17) is 4.74 Å². The summed E-state index contributed by atoms with van der Waals surface area (Å²) in [6.07, 6.45) is 0. The molecule has 41 heavy (non-hydrogen) atoms. The molecule has 0 unspecified atom stereocenters. The van der Waals surface area contributed by atoms with Crippen LogP contribution < -0.4 is 15.2 Å². The molecule has 0 amide bonds. The molecule has 1 atom stereocenters. The van der Waals surface area contributed by atoms with E-state index in [-0.39, 0.29) is 5.56 Å². The van der Waals surface area contributed by atoms with Gasteiger partial charge in [-0.25, -0.2) is 4.68 Å². The number of tetrazole rings is 1. The third-order valence-corrected chi connectivity index (χ3v) is 8.03. The van der Waals surface area contributed by atoms with Crippen LogP contribution in [0.25, 0.3) is 10.9 Å². The lowest BCUT2D eigenvalue weighted by Crippen LogP contribution is -2.49. The number of aromatic nitrogens is 5. The highest BCUT2D eigenvalue weighted by molar-refractivity contribution is 5.80. The Hall–Kier alpha value is -4.50. The van der Waals surface area contributed by atoms with Gasteiger partial charge >= 0.3 is 0 Å². The normalized spacial score (nSPS) is 14.9. The molecule has 0 radical (unpaired) electrons. The van der Waals surface area contributed by atoms with Crippen molar-refractivity contribution in [2.45, 2.75) is 33.4 Å². The zero-order chi connectivity index (χ0) is 28.3. The average molecular weight is 550 g/mol. The van der Waals surface area contributed by atoms with Crippen molar-refractivity contribution in [1.29, 1.82) is 0 Å². The molecule has 1 N–H and O–H groups in total. The Balaban J connectivity index is 1.39. The van der Waals surface area contributed by atoms with Gasteiger partial charge in [0, 0.05) is 48.3 Å². The summed E-state index contributed by atoms with van der Waals surface area (Å²) in [5.74, 6) is 1.42. The number of ether oxygens (including phenoxy) is 1. The number of benzene rings is 3. The fourth-order valence-corrected chi connectivity index (χ4v) is 5.74. The number of pyridine rings is 1. The second-order valence-corrected chi connectivity index (χ2v) is 10.6. The summed E-state index contributed by atoms with van der Waals surface area (Å²) in [4.78, 5) is 21.5. The molecule has 9 nitrogen and oxygen atoms in total. The van der Waals surface area contributed by atoms with Crippen molar-refractivity contribution in [2.24, 2.45) is 0 Å². The summed E-state index contributed by atoms with van der Waals surface area (Å²) in [6.45, 7) is 10.6. The summed E-state index contributed by atoms with van der Waals surface area (Å²) in [7, 11) is 0. The van der Waals surface area contributed by atoms with Gasteiger partial charge in [-0.05, 0) is 78.2 Å². The highest BCUT2D eigenvalue weighted by Gasteiger charge is 2.33. The molecule has 0 spiro atoms. The maximum Gasteiger partial charge on any atom is 0.253 e. The molecule has 0 saturated carbocycles. The standard InChI is InChI=1S/C32H35N7O2/c1-4-41-26-13-14-28-25(19-26)20-27(32(40)33-28)30(31-34-35-36-39(31)21-24-10-6-5-7-11-24)38-17-15-37(16-18-38)29-12-8-9-22(2)23(29)3/h5-14,19-20,30H,4,15-18,21H2,1-3H3,(H,33,40)/t30-/m0/s1. The fraction of sp³-hybridized carbons (Fsp3) is 0.312. The largest absolute Gasteiger partial charge is 0.494 e. The second-order valence-electron chi connectivity index (χ2n) is 10.6. The van der Waals surface area contributed by atoms with Crippen molar-refractivity contribution in [1.82, 2.24) is 30.1 Å². The Morgan fingerprint density at radius 3 is 2.54 bits per heavy atom. The van der Waals surface area contributed by atoms with Crippen LogP contribution in [0.3, 0.4) is 0 Å². The number of fused-ring (bicyclic) bond motifs is 1. The van der Waals surface area contributed by atoms with Crippen LogP contribution in [0.5, 0.6) is 5.75 Å². The number of H-pyrrole nitrogens is 1. The number of piperazine rings is 1. The predicted molar refractivity (Wildman–Crippen MR) is 161 cm³/mol. The molecule has 3 aromatic carbocycles. The van der Waals surface area contributed by atoms with E-state index in [2.05, 4.69) is 74.5 Å². The number of nitrogens with zero attached hydrogens (tertiary/aromatic N) is 6. The molecular formula is C32H35N7O2. The molecule has 6 rings (SSSR count). The maximum atomic E-state index is 13.7. The van der Waals surface area contributed by atoms with Crippen LogP contribution in [-0.4, -0.2) is 62.9 Å². The molecular weight excluding hydrogens is 514 g/mol. The number of rotatable bonds is 8. The van der Waals surface area contributed by atoms with Crippen molar-refractivity contribution in [3.05, 3.63) is 111 Å². The monoisotopic (exact) mass is 549 g/mol. The molecule has 0 bridgehead atoms. The van der Waals surface area contributed by atoms with Crippen LogP contribution in [0, 0.1) is 13.8 Å². The minimum absolute atomic E-state index is 0.141. The Bertz CT molecular complexity index is 1700. The Morgan fingerprint density at radius 1 is 0.951 bits per heavy atom. The van der Waals surface area contributed by atoms with Gasteiger partial charge in [-0.1, -0.05) is 42.5 Å². The number of hydrogen-bond acceptors (Lipinski definition) is 7. The van der Waals surface area contributed by atoms with Gasteiger partial charge < -0.3 is 14.6 Å². The van der Waals surface area contributed by atoms with E-state index in [1.54, 1.807) is 0 Å². The smallest absolute Gasteiger partial charge is 0.253 e. The lowest BCUT2D eigenvalue weighted by atomic mass is 10.0. The topological polar surface area (TPSA) is 92.2 Å². The quantitative estimate of drug-likeness (QED) is 0.305. The highest BCUT2D eigenvalue weighted by Crippen LogP contribution is 2.31. The molecule has 1 fully saturated rings. The Labute approximate surface area is 239 Å². The molecule has 1 saturated heterocycles. The zero-order valence-electron chi connectivity index (χ0n) is 23.7. The molecule has 9 heteroatoms. The highest BCUT2D eigenvalue weighted by atomic mass is 16.5. The molecule has 2 aromatic heterocycles. The van der Waals surface area contributed by atoms with Gasteiger partial charge in [0.1, 0.15) is 11.8 Å². The summed E-state index contributed by atoms with van der Waals surface area (Å²) >= 11 is 0. The van der Waals surface area contributed by atoms with Crippen molar-refractivity contribution in [3.63, 3.8) is 0 Å². The minimum Gasteiger partial charge on any atom is -0.494 e. The number of aryl methyl sites for hydroxylation is 1. The van der Waals surface area contributed by atoms with Crippen LogP contribution in [0.2, 0.25) is 0 Å². The predicted octanol–water partition coefficient (Wildman–Crippen LogP) is 4.49. The van der Waals surface area contributed by atoms with Crippen molar-refractivity contribution in [2.75, 3.05) is 37.7 Å². The van der Waals surface area contributed by atoms with Crippen molar-refractivity contribution >= 4 is 16.6 Å². The van der Waals surface area contributed by atoms with E-state index < -0.39 is 6.04 Å². The van der Waals surface area contributed by atoms with Gasteiger partial charge in [-0.3, -0.25) is 9.69 Å². The number of hydrogen-bond donors (Lipinski definition) is 1. The van der Waals surface area contributed by atoms with Crippen LogP contribution in [0.1, 0.15) is 41.0 Å². The summed E-state index contributed by atoms with van der Waals surface area (Å²) in [5, 5.41) is 13.8. The van der Waals surface area contributed by atoms with Gasteiger partial charge in [0.2, 0.25) is 0 Å². The molecule has 5 aromatic rings. The molecule has 210 valence electrons. The molecule has 1 aliphatic heterocycles. The van der Waals surface area contributed by atoms with Crippen LogP contribution in [-0.2, 0) is 6.54 Å². The van der Waals surface area contributed by atoms with E-state index in [1.807, 2.05) is 54.1 Å². The number of aromatic amines is 1. The van der Waals surface area contributed by atoms with E-state index in [1.165, 1.54) is 16.8 Å². The SMILES string of the molecule is CCOc1ccc2[nH]c(=O)c([C@@H](c3nnnn3Cc3ccccc3)N3CCN(c4cccc(C)c4C)CC3)cc2c1. The van der Waals surface area contributed by atoms with Gasteiger partial charge in [0.15, 0.2) is 5.82 Å². The zero-order valence-corrected chi connectivity index (χ0v) is 23.7. The van der Waals surface area contributed by atoms with Crippen molar-refractivity contribution in [3.8, 4) is 5.75 Å². The van der Waals surface area contributed by atoms with Crippen LogP contribution in [0.15, 0.2) is 77.6 Å².